The maximum Gasteiger partial charge on any atom is 0.142 e. The zero-order chi connectivity index (χ0) is 10.1. The van der Waals surface area contributed by atoms with Crippen molar-refractivity contribution in [3.63, 3.8) is 0 Å². The highest BCUT2D eigenvalue weighted by Gasteiger charge is 2.26. The molecular weight excluding hydrogens is 176 g/mol. The minimum absolute atomic E-state index is 0.0757. The van der Waals surface area contributed by atoms with Crippen molar-refractivity contribution in [3.05, 3.63) is 28.8 Å². The number of benzene rings is 1. The Morgan fingerprint density at radius 3 is 3.07 bits per heavy atom. The molecule has 1 atom stereocenters. The Kier molecular flexibility index (Phi) is 2.14. The molecule has 1 heterocycles. The van der Waals surface area contributed by atoms with Gasteiger partial charge in [0.05, 0.1) is 11.6 Å². The van der Waals surface area contributed by atoms with E-state index in [9.17, 15) is 0 Å². The van der Waals surface area contributed by atoms with Crippen molar-refractivity contribution in [1.29, 1.82) is 5.26 Å². The lowest BCUT2D eigenvalue weighted by Crippen LogP contribution is -2.12. The van der Waals surface area contributed by atoms with E-state index in [1.165, 1.54) is 5.56 Å². The highest BCUT2D eigenvalue weighted by Crippen LogP contribution is 2.36. The van der Waals surface area contributed by atoms with Gasteiger partial charge in [-0.3, -0.25) is 0 Å². The molecule has 0 fully saturated rings. The molecule has 0 radical (unpaired) electrons. The number of rotatable bonds is 1. The van der Waals surface area contributed by atoms with Gasteiger partial charge in [-0.1, -0.05) is 13.0 Å². The van der Waals surface area contributed by atoms with Crippen LogP contribution in [0.4, 0.5) is 0 Å². The molecule has 1 aromatic rings. The SMILES string of the molecule is CCc1ccc(C#N)c2c1[C@H](N)CO2. The monoisotopic (exact) mass is 188 g/mol. The smallest absolute Gasteiger partial charge is 0.142 e. The lowest BCUT2D eigenvalue weighted by Gasteiger charge is -2.08. The molecule has 0 bridgehead atoms. The van der Waals surface area contributed by atoms with Crippen LogP contribution in [0.1, 0.15) is 29.7 Å². The van der Waals surface area contributed by atoms with Gasteiger partial charge in [-0.25, -0.2) is 0 Å². The molecule has 0 aliphatic carbocycles. The maximum atomic E-state index is 8.88. The summed E-state index contributed by atoms with van der Waals surface area (Å²) in [6.45, 7) is 2.56. The van der Waals surface area contributed by atoms with Crippen molar-refractivity contribution in [1.82, 2.24) is 0 Å². The van der Waals surface area contributed by atoms with Gasteiger partial charge in [-0.15, -0.1) is 0 Å². The van der Waals surface area contributed by atoms with Crippen molar-refractivity contribution >= 4 is 0 Å². The van der Waals surface area contributed by atoms with Crippen molar-refractivity contribution < 1.29 is 4.74 Å². The number of nitrogens with zero attached hydrogens (tertiary/aromatic N) is 1. The molecule has 72 valence electrons. The Morgan fingerprint density at radius 2 is 2.43 bits per heavy atom. The van der Waals surface area contributed by atoms with E-state index >= 15 is 0 Å². The van der Waals surface area contributed by atoms with Crippen LogP contribution in [0.15, 0.2) is 12.1 Å². The largest absolute Gasteiger partial charge is 0.490 e. The van der Waals surface area contributed by atoms with E-state index in [-0.39, 0.29) is 6.04 Å². The van der Waals surface area contributed by atoms with E-state index in [4.69, 9.17) is 15.7 Å². The van der Waals surface area contributed by atoms with Gasteiger partial charge in [0.25, 0.3) is 0 Å². The number of aryl methyl sites for hydroxylation is 1. The van der Waals surface area contributed by atoms with Crippen molar-refractivity contribution in [3.8, 4) is 11.8 Å². The Hall–Kier alpha value is -1.53. The van der Waals surface area contributed by atoms with E-state index in [1.807, 2.05) is 6.07 Å². The second kappa shape index (κ2) is 3.32. The van der Waals surface area contributed by atoms with Gasteiger partial charge in [0.1, 0.15) is 18.4 Å². The molecule has 3 nitrogen and oxygen atoms in total. The summed E-state index contributed by atoms with van der Waals surface area (Å²) in [7, 11) is 0. The third kappa shape index (κ3) is 1.16. The zero-order valence-corrected chi connectivity index (χ0v) is 8.08. The molecule has 0 aromatic heterocycles. The molecule has 3 heteroatoms. The molecule has 2 N–H and O–H groups in total. The zero-order valence-electron chi connectivity index (χ0n) is 8.08. The maximum absolute atomic E-state index is 8.88. The lowest BCUT2D eigenvalue weighted by atomic mass is 9.97. The molecule has 0 spiro atoms. The van der Waals surface area contributed by atoms with Crippen LogP contribution in [0.25, 0.3) is 0 Å². The molecular formula is C11H12N2O. The molecule has 1 aliphatic rings. The minimum atomic E-state index is -0.0757. The standard InChI is InChI=1S/C11H12N2O/c1-2-7-3-4-8(5-12)11-10(7)9(13)6-14-11/h3-4,9H,2,6,13H2,1H3/t9-/m1/s1. The summed E-state index contributed by atoms with van der Waals surface area (Å²) >= 11 is 0. The molecule has 0 saturated heterocycles. The van der Waals surface area contributed by atoms with E-state index in [2.05, 4.69) is 13.0 Å². The predicted molar refractivity (Wildman–Crippen MR) is 53.0 cm³/mol. The first-order chi connectivity index (χ1) is 6.77. The highest BCUT2D eigenvalue weighted by molar-refractivity contribution is 5.55. The van der Waals surface area contributed by atoms with Gasteiger partial charge < -0.3 is 10.5 Å². The van der Waals surface area contributed by atoms with Gasteiger partial charge in [-0.05, 0) is 18.1 Å². The van der Waals surface area contributed by atoms with Gasteiger partial charge in [0.15, 0.2) is 0 Å². The van der Waals surface area contributed by atoms with Crippen LogP contribution in [-0.4, -0.2) is 6.61 Å². The van der Waals surface area contributed by atoms with Crippen LogP contribution in [0.2, 0.25) is 0 Å². The van der Waals surface area contributed by atoms with Crippen LogP contribution in [0, 0.1) is 11.3 Å². The molecule has 2 rings (SSSR count). The number of hydrogen-bond acceptors (Lipinski definition) is 3. The van der Waals surface area contributed by atoms with Crippen LogP contribution in [0.5, 0.6) is 5.75 Å². The third-order valence-corrected chi connectivity index (χ3v) is 2.57. The molecule has 0 amide bonds. The quantitative estimate of drug-likeness (QED) is 0.726. The summed E-state index contributed by atoms with van der Waals surface area (Å²) in [5.74, 6) is 0.694. The second-order valence-corrected chi connectivity index (χ2v) is 3.40. The number of nitriles is 1. The van der Waals surface area contributed by atoms with Crippen LogP contribution < -0.4 is 10.5 Å². The third-order valence-electron chi connectivity index (χ3n) is 2.57. The van der Waals surface area contributed by atoms with E-state index in [1.54, 1.807) is 6.07 Å². The Balaban J connectivity index is 2.64. The fourth-order valence-electron chi connectivity index (χ4n) is 1.86. The first kappa shape index (κ1) is 9.04. The highest BCUT2D eigenvalue weighted by atomic mass is 16.5. The molecule has 14 heavy (non-hydrogen) atoms. The van der Waals surface area contributed by atoms with Crippen molar-refractivity contribution in [2.24, 2.45) is 5.73 Å². The minimum Gasteiger partial charge on any atom is -0.490 e. The summed E-state index contributed by atoms with van der Waals surface area (Å²) in [6.07, 6.45) is 0.922. The average molecular weight is 188 g/mol. The Bertz CT molecular complexity index is 406. The number of nitrogens with two attached hydrogens (primary N) is 1. The number of ether oxygens (including phenoxy) is 1. The fourth-order valence-corrected chi connectivity index (χ4v) is 1.86. The fraction of sp³-hybridized carbons (Fsp3) is 0.364. The molecule has 0 saturated carbocycles. The average Bonchev–Trinajstić information content (AvgIpc) is 2.60. The van der Waals surface area contributed by atoms with Gasteiger partial charge in [0, 0.05) is 5.56 Å². The lowest BCUT2D eigenvalue weighted by molar-refractivity contribution is 0.332. The van der Waals surface area contributed by atoms with E-state index < -0.39 is 0 Å². The van der Waals surface area contributed by atoms with Gasteiger partial charge >= 0.3 is 0 Å². The first-order valence-corrected chi connectivity index (χ1v) is 4.72. The summed E-state index contributed by atoms with van der Waals surface area (Å²) in [5, 5.41) is 8.88. The Morgan fingerprint density at radius 1 is 1.64 bits per heavy atom. The summed E-state index contributed by atoms with van der Waals surface area (Å²) in [6, 6.07) is 5.81. The number of hydrogen-bond donors (Lipinski definition) is 1. The summed E-state index contributed by atoms with van der Waals surface area (Å²) in [5.41, 5.74) is 8.70. The van der Waals surface area contributed by atoms with E-state index in [0.29, 0.717) is 17.9 Å². The second-order valence-electron chi connectivity index (χ2n) is 3.40. The summed E-state index contributed by atoms with van der Waals surface area (Å²) in [4.78, 5) is 0. The number of fused-ring (bicyclic) bond motifs is 1. The van der Waals surface area contributed by atoms with Crippen molar-refractivity contribution in [2.45, 2.75) is 19.4 Å². The van der Waals surface area contributed by atoms with Crippen LogP contribution in [-0.2, 0) is 6.42 Å². The van der Waals surface area contributed by atoms with Gasteiger partial charge in [0.2, 0.25) is 0 Å². The van der Waals surface area contributed by atoms with E-state index in [0.717, 1.165) is 12.0 Å². The topological polar surface area (TPSA) is 59.0 Å². The molecule has 1 aliphatic heterocycles. The predicted octanol–water partition coefficient (Wildman–Crippen LogP) is 1.51. The van der Waals surface area contributed by atoms with Crippen LogP contribution in [0.3, 0.4) is 0 Å². The normalized spacial score (nSPS) is 18.5. The molecule has 0 unspecified atom stereocenters. The van der Waals surface area contributed by atoms with Gasteiger partial charge in [-0.2, -0.15) is 5.26 Å². The molecule has 1 aromatic carbocycles. The Labute approximate surface area is 83.1 Å². The van der Waals surface area contributed by atoms with Crippen molar-refractivity contribution in [2.75, 3.05) is 6.61 Å². The first-order valence-electron chi connectivity index (χ1n) is 4.72. The van der Waals surface area contributed by atoms with Crippen LogP contribution >= 0.6 is 0 Å². The summed E-state index contributed by atoms with van der Waals surface area (Å²) < 4.78 is 5.43.